The van der Waals surface area contributed by atoms with Gasteiger partial charge in [-0.2, -0.15) is 0 Å². The molecule has 0 bridgehead atoms. The first-order valence-electron chi connectivity index (χ1n) is 8.18. The van der Waals surface area contributed by atoms with Gasteiger partial charge in [0.15, 0.2) is 0 Å². The summed E-state index contributed by atoms with van der Waals surface area (Å²) >= 11 is 0. The number of hydrogen-bond acceptors (Lipinski definition) is 3. The average Bonchev–Trinajstić information content (AvgIpc) is 2.43. The zero-order valence-corrected chi connectivity index (χ0v) is 13.6. The minimum Gasteiger partial charge on any atom is -0.481 e. The number of rotatable bonds is 13. The quantitative estimate of drug-likeness (QED) is 0.487. The maximum absolute atomic E-state index is 11.8. The zero-order chi connectivity index (χ0) is 16.1. The summed E-state index contributed by atoms with van der Waals surface area (Å²) in [7, 11) is 0. The van der Waals surface area contributed by atoms with E-state index in [1.54, 1.807) is 0 Å². The van der Waals surface area contributed by atoms with Crippen LogP contribution in [0.5, 0.6) is 0 Å². The van der Waals surface area contributed by atoms with Crippen molar-refractivity contribution in [3.8, 4) is 0 Å². The van der Waals surface area contributed by atoms with Gasteiger partial charge in [0.2, 0.25) is 5.91 Å². The summed E-state index contributed by atoms with van der Waals surface area (Å²) in [6.45, 7) is 5.50. The lowest BCUT2D eigenvalue weighted by Crippen LogP contribution is -2.26. The number of carbonyl (C=O) groups is 2. The van der Waals surface area contributed by atoms with Crippen molar-refractivity contribution in [3.05, 3.63) is 0 Å². The topological polar surface area (TPSA) is 92.4 Å². The Balaban J connectivity index is 3.71. The molecule has 0 aromatic rings. The van der Waals surface area contributed by atoms with Crippen LogP contribution in [0.3, 0.4) is 0 Å². The van der Waals surface area contributed by atoms with Crippen molar-refractivity contribution < 1.29 is 14.7 Å². The molecule has 21 heavy (non-hydrogen) atoms. The van der Waals surface area contributed by atoms with Gasteiger partial charge < -0.3 is 16.2 Å². The summed E-state index contributed by atoms with van der Waals surface area (Å²) in [5.41, 5.74) is 5.59. The van der Waals surface area contributed by atoms with Gasteiger partial charge in [-0.05, 0) is 44.1 Å². The molecule has 0 aliphatic heterocycles. The van der Waals surface area contributed by atoms with Gasteiger partial charge in [0.1, 0.15) is 0 Å². The molecule has 4 N–H and O–H groups in total. The summed E-state index contributed by atoms with van der Waals surface area (Å²) in [6.07, 6.45) is 6.43. The minimum absolute atomic E-state index is 0.0959. The van der Waals surface area contributed by atoms with E-state index in [1.807, 2.05) is 6.92 Å². The molecular formula is C16H32N2O3. The molecule has 0 rings (SSSR count). The van der Waals surface area contributed by atoms with Crippen molar-refractivity contribution in [1.29, 1.82) is 0 Å². The standard InChI is InChI=1S/C16H32N2O3/c1-3-4-14(9-11-17)6-7-15(19)18-12-10-13(2)5-8-16(20)21/h13-14H,3-12,17H2,1-2H3,(H,18,19)(H,20,21). The van der Waals surface area contributed by atoms with E-state index in [4.69, 9.17) is 10.8 Å². The number of carboxylic acids is 1. The molecule has 5 heteroatoms. The van der Waals surface area contributed by atoms with Crippen molar-refractivity contribution in [2.45, 2.75) is 65.2 Å². The van der Waals surface area contributed by atoms with E-state index in [1.165, 1.54) is 0 Å². The molecule has 0 saturated carbocycles. The van der Waals surface area contributed by atoms with Crippen LogP contribution in [-0.4, -0.2) is 30.1 Å². The van der Waals surface area contributed by atoms with Crippen molar-refractivity contribution in [1.82, 2.24) is 5.32 Å². The fourth-order valence-electron chi connectivity index (χ4n) is 2.47. The molecule has 1 amide bonds. The fraction of sp³-hybridized carbons (Fsp3) is 0.875. The number of nitrogens with one attached hydrogen (secondary N) is 1. The highest BCUT2D eigenvalue weighted by molar-refractivity contribution is 5.75. The van der Waals surface area contributed by atoms with Gasteiger partial charge in [0.25, 0.3) is 0 Å². The van der Waals surface area contributed by atoms with Gasteiger partial charge in [-0.1, -0.05) is 26.7 Å². The molecular weight excluding hydrogens is 268 g/mol. The maximum Gasteiger partial charge on any atom is 0.303 e. The molecule has 0 aromatic carbocycles. The molecule has 124 valence electrons. The van der Waals surface area contributed by atoms with E-state index in [-0.39, 0.29) is 12.3 Å². The van der Waals surface area contributed by atoms with Gasteiger partial charge in [-0.15, -0.1) is 0 Å². The highest BCUT2D eigenvalue weighted by Gasteiger charge is 2.10. The van der Waals surface area contributed by atoms with E-state index in [9.17, 15) is 9.59 Å². The Morgan fingerprint density at radius 1 is 1.10 bits per heavy atom. The lowest BCUT2D eigenvalue weighted by atomic mass is 9.94. The number of hydrogen-bond donors (Lipinski definition) is 3. The van der Waals surface area contributed by atoms with Crippen LogP contribution in [0.1, 0.15) is 65.2 Å². The fourth-order valence-corrected chi connectivity index (χ4v) is 2.47. The monoisotopic (exact) mass is 300 g/mol. The van der Waals surface area contributed by atoms with Gasteiger partial charge in [-0.3, -0.25) is 9.59 Å². The molecule has 0 spiro atoms. The van der Waals surface area contributed by atoms with Gasteiger partial charge in [0.05, 0.1) is 0 Å². The third kappa shape index (κ3) is 12.4. The van der Waals surface area contributed by atoms with Crippen LogP contribution in [0.2, 0.25) is 0 Å². The number of nitrogens with two attached hydrogens (primary N) is 1. The molecule has 2 atom stereocenters. The molecule has 0 heterocycles. The summed E-state index contributed by atoms with van der Waals surface area (Å²) < 4.78 is 0. The Morgan fingerprint density at radius 2 is 1.81 bits per heavy atom. The van der Waals surface area contributed by atoms with Gasteiger partial charge >= 0.3 is 5.97 Å². The van der Waals surface area contributed by atoms with Crippen LogP contribution in [-0.2, 0) is 9.59 Å². The molecule has 0 aliphatic rings. The smallest absolute Gasteiger partial charge is 0.303 e. The number of carbonyl (C=O) groups excluding carboxylic acids is 1. The zero-order valence-electron chi connectivity index (χ0n) is 13.6. The molecule has 0 radical (unpaired) electrons. The van der Waals surface area contributed by atoms with Gasteiger partial charge in [0, 0.05) is 19.4 Å². The Bertz CT molecular complexity index is 289. The summed E-state index contributed by atoms with van der Waals surface area (Å²) in [6, 6.07) is 0. The second-order valence-electron chi connectivity index (χ2n) is 5.95. The third-order valence-corrected chi connectivity index (χ3v) is 3.86. The average molecular weight is 300 g/mol. The maximum atomic E-state index is 11.8. The third-order valence-electron chi connectivity index (χ3n) is 3.86. The molecule has 0 saturated heterocycles. The van der Waals surface area contributed by atoms with Gasteiger partial charge in [-0.25, -0.2) is 0 Å². The predicted molar refractivity (Wildman–Crippen MR) is 85.0 cm³/mol. The highest BCUT2D eigenvalue weighted by Crippen LogP contribution is 2.16. The van der Waals surface area contributed by atoms with Crippen LogP contribution >= 0.6 is 0 Å². The van der Waals surface area contributed by atoms with E-state index < -0.39 is 5.97 Å². The first-order valence-corrected chi connectivity index (χ1v) is 8.18. The van der Waals surface area contributed by atoms with Crippen LogP contribution in [0, 0.1) is 11.8 Å². The second-order valence-corrected chi connectivity index (χ2v) is 5.95. The minimum atomic E-state index is -0.757. The summed E-state index contributed by atoms with van der Waals surface area (Å²) in [4.78, 5) is 22.2. The second kappa shape index (κ2) is 12.6. The van der Waals surface area contributed by atoms with E-state index in [0.29, 0.717) is 37.8 Å². The van der Waals surface area contributed by atoms with Crippen molar-refractivity contribution >= 4 is 11.9 Å². The Kier molecular flexibility index (Phi) is 12.0. The van der Waals surface area contributed by atoms with Crippen molar-refractivity contribution in [3.63, 3.8) is 0 Å². The Hall–Kier alpha value is -1.10. The van der Waals surface area contributed by atoms with Crippen molar-refractivity contribution in [2.75, 3.05) is 13.1 Å². The molecule has 0 aromatic heterocycles. The lowest BCUT2D eigenvalue weighted by Gasteiger charge is -2.15. The highest BCUT2D eigenvalue weighted by atomic mass is 16.4. The number of amides is 1. The SMILES string of the molecule is CCCC(CCN)CCC(=O)NCCC(C)CCC(=O)O. The van der Waals surface area contributed by atoms with Crippen LogP contribution in [0.4, 0.5) is 0 Å². The van der Waals surface area contributed by atoms with Crippen LogP contribution in [0.15, 0.2) is 0 Å². The first-order chi connectivity index (χ1) is 9.99. The number of carboxylic acid groups (broad SMARTS) is 1. The van der Waals surface area contributed by atoms with E-state index in [2.05, 4.69) is 12.2 Å². The Morgan fingerprint density at radius 3 is 2.38 bits per heavy atom. The van der Waals surface area contributed by atoms with Crippen LogP contribution < -0.4 is 11.1 Å². The molecule has 2 unspecified atom stereocenters. The molecule has 0 aliphatic carbocycles. The van der Waals surface area contributed by atoms with Crippen molar-refractivity contribution in [2.24, 2.45) is 17.6 Å². The number of aliphatic carboxylic acids is 1. The van der Waals surface area contributed by atoms with Crippen LogP contribution in [0.25, 0.3) is 0 Å². The van der Waals surface area contributed by atoms with E-state index >= 15 is 0 Å². The largest absolute Gasteiger partial charge is 0.481 e. The predicted octanol–water partition coefficient (Wildman–Crippen LogP) is 2.54. The first kappa shape index (κ1) is 19.9. The van der Waals surface area contributed by atoms with E-state index in [0.717, 1.165) is 32.1 Å². The Labute approximate surface area is 128 Å². The summed E-state index contributed by atoms with van der Waals surface area (Å²) in [5, 5.41) is 11.5. The molecule has 0 fully saturated rings. The summed E-state index contributed by atoms with van der Waals surface area (Å²) in [5.74, 6) is 0.220. The lowest BCUT2D eigenvalue weighted by molar-refractivity contribution is -0.137. The normalized spacial score (nSPS) is 13.7. The molecule has 5 nitrogen and oxygen atoms in total.